The Bertz CT molecular complexity index is 1050. The molecular weight excluding hydrogens is 421 g/mol. The van der Waals surface area contributed by atoms with Crippen molar-refractivity contribution in [3.63, 3.8) is 0 Å². The zero-order valence-corrected chi connectivity index (χ0v) is 17.1. The predicted molar refractivity (Wildman–Crippen MR) is 114 cm³/mol. The van der Waals surface area contributed by atoms with Crippen LogP contribution in [0.1, 0.15) is 5.56 Å². The first-order chi connectivity index (χ1) is 15.4. The Labute approximate surface area is 182 Å². The maximum absolute atomic E-state index is 12.6. The van der Waals surface area contributed by atoms with Crippen LogP contribution in [0.25, 0.3) is 11.3 Å². The fourth-order valence-electron chi connectivity index (χ4n) is 3.47. The van der Waals surface area contributed by atoms with E-state index in [1.54, 1.807) is 12.4 Å². The molecule has 2 aromatic heterocycles. The summed E-state index contributed by atoms with van der Waals surface area (Å²) in [5.41, 5.74) is 1.30. The molecule has 0 aliphatic carbocycles. The van der Waals surface area contributed by atoms with Gasteiger partial charge in [0, 0.05) is 55.9 Å². The third kappa shape index (κ3) is 5.38. The van der Waals surface area contributed by atoms with Crippen LogP contribution in [0, 0.1) is 0 Å². The minimum Gasteiger partial charge on any atom is -0.354 e. The van der Waals surface area contributed by atoms with Crippen molar-refractivity contribution in [1.82, 2.24) is 19.9 Å². The van der Waals surface area contributed by atoms with Crippen LogP contribution in [0.3, 0.4) is 0 Å². The number of alkyl halides is 3. The second kappa shape index (κ2) is 9.31. The van der Waals surface area contributed by atoms with Crippen LogP contribution in [-0.2, 0) is 11.0 Å². The molecule has 0 atom stereocenters. The molecule has 1 aliphatic rings. The lowest BCUT2D eigenvalue weighted by molar-refractivity contribution is -0.137. The van der Waals surface area contributed by atoms with Gasteiger partial charge >= 0.3 is 6.18 Å². The Morgan fingerprint density at radius 2 is 1.78 bits per heavy atom. The molecule has 1 saturated heterocycles. The van der Waals surface area contributed by atoms with Gasteiger partial charge in [0.2, 0.25) is 5.91 Å². The molecule has 1 N–H and O–H groups in total. The van der Waals surface area contributed by atoms with Crippen molar-refractivity contribution in [2.75, 3.05) is 42.9 Å². The summed E-state index contributed by atoms with van der Waals surface area (Å²) in [7, 11) is 0. The van der Waals surface area contributed by atoms with E-state index in [-0.39, 0.29) is 12.5 Å². The van der Waals surface area contributed by atoms with Gasteiger partial charge in [-0.1, -0.05) is 0 Å². The number of nitrogens with zero attached hydrogens (tertiary/aromatic N) is 5. The molecule has 0 spiro atoms. The largest absolute Gasteiger partial charge is 0.416 e. The fraction of sp³-hybridized carbons (Fsp3) is 0.273. The highest BCUT2D eigenvalue weighted by molar-refractivity contribution is 5.92. The van der Waals surface area contributed by atoms with Gasteiger partial charge in [-0.3, -0.25) is 14.7 Å². The van der Waals surface area contributed by atoms with Gasteiger partial charge in [-0.05, 0) is 36.4 Å². The monoisotopic (exact) mass is 442 g/mol. The van der Waals surface area contributed by atoms with E-state index in [1.165, 1.54) is 18.5 Å². The first-order valence-electron chi connectivity index (χ1n) is 10.1. The summed E-state index contributed by atoms with van der Waals surface area (Å²) in [6, 6.07) is 10.1. The van der Waals surface area contributed by atoms with Crippen molar-refractivity contribution < 1.29 is 18.0 Å². The standard InChI is InChI=1S/C22H21F3N6O/c23-22(24,25)17-3-5-18(6-4-17)29-21(32)14-30-8-10-31(11-9-30)20-12-19(27-15-28-20)16-2-1-7-26-13-16/h1-7,12-13,15H,8-11,14H2,(H,29,32). The molecule has 0 radical (unpaired) electrons. The number of nitrogens with one attached hydrogen (secondary N) is 1. The van der Waals surface area contributed by atoms with Crippen LogP contribution >= 0.6 is 0 Å². The van der Waals surface area contributed by atoms with Crippen LogP contribution < -0.4 is 10.2 Å². The normalized spacial score (nSPS) is 14.9. The zero-order chi connectivity index (χ0) is 22.6. The van der Waals surface area contributed by atoms with E-state index in [0.29, 0.717) is 31.9 Å². The lowest BCUT2D eigenvalue weighted by Gasteiger charge is -2.35. The van der Waals surface area contributed by atoms with E-state index in [1.807, 2.05) is 23.1 Å². The molecule has 4 rings (SSSR count). The van der Waals surface area contributed by atoms with Crippen LogP contribution in [0.5, 0.6) is 0 Å². The molecule has 166 valence electrons. The average Bonchev–Trinajstić information content (AvgIpc) is 2.80. The van der Waals surface area contributed by atoms with Crippen molar-refractivity contribution in [2.24, 2.45) is 0 Å². The van der Waals surface area contributed by atoms with Gasteiger partial charge in [0.1, 0.15) is 12.1 Å². The number of carbonyl (C=O) groups excluding carboxylic acids is 1. The van der Waals surface area contributed by atoms with Crippen molar-refractivity contribution in [3.05, 3.63) is 66.7 Å². The Hall–Kier alpha value is -3.53. The van der Waals surface area contributed by atoms with Crippen LogP contribution in [0.2, 0.25) is 0 Å². The number of halogens is 3. The second-order valence-electron chi connectivity index (χ2n) is 7.39. The summed E-state index contributed by atoms with van der Waals surface area (Å²) >= 11 is 0. The van der Waals surface area contributed by atoms with Gasteiger partial charge in [0.15, 0.2) is 0 Å². The molecule has 1 fully saturated rings. The topological polar surface area (TPSA) is 74.2 Å². The molecule has 0 bridgehead atoms. The SMILES string of the molecule is O=C(CN1CCN(c2cc(-c3cccnc3)ncn2)CC1)Nc1ccc(C(F)(F)F)cc1. The highest BCUT2D eigenvalue weighted by Gasteiger charge is 2.30. The van der Waals surface area contributed by atoms with Gasteiger partial charge in [-0.25, -0.2) is 9.97 Å². The van der Waals surface area contributed by atoms with Crippen molar-refractivity contribution in [3.8, 4) is 11.3 Å². The number of aromatic nitrogens is 3. The maximum atomic E-state index is 12.6. The van der Waals surface area contributed by atoms with Crippen LogP contribution in [-0.4, -0.2) is 58.5 Å². The zero-order valence-electron chi connectivity index (χ0n) is 17.1. The van der Waals surface area contributed by atoms with Crippen molar-refractivity contribution >= 4 is 17.4 Å². The van der Waals surface area contributed by atoms with Crippen molar-refractivity contribution in [2.45, 2.75) is 6.18 Å². The molecule has 3 aromatic rings. The average molecular weight is 442 g/mol. The number of piperazine rings is 1. The van der Waals surface area contributed by atoms with E-state index in [2.05, 4.69) is 25.2 Å². The highest BCUT2D eigenvalue weighted by Crippen LogP contribution is 2.29. The molecule has 0 saturated carbocycles. The molecule has 7 nitrogen and oxygen atoms in total. The number of anilines is 2. The minimum atomic E-state index is -4.40. The summed E-state index contributed by atoms with van der Waals surface area (Å²) in [4.78, 5) is 29.2. The summed E-state index contributed by atoms with van der Waals surface area (Å²) < 4.78 is 37.9. The van der Waals surface area contributed by atoms with Crippen LogP contribution in [0.15, 0.2) is 61.2 Å². The number of pyridine rings is 1. The molecule has 1 aromatic carbocycles. The third-order valence-electron chi connectivity index (χ3n) is 5.17. The molecule has 0 unspecified atom stereocenters. The minimum absolute atomic E-state index is 0.166. The Balaban J connectivity index is 1.29. The maximum Gasteiger partial charge on any atom is 0.416 e. The number of benzene rings is 1. The second-order valence-corrected chi connectivity index (χ2v) is 7.39. The van der Waals surface area contributed by atoms with Crippen LogP contribution in [0.4, 0.5) is 24.7 Å². The number of amides is 1. The lowest BCUT2D eigenvalue weighted by atomic mass is 10.2. The molecule has 10 heteroatoms. The molecule has 1 amide bonds. The van der Waals surface area contributed by atoms with E-state index in [0.717, 1.165) is 29.2 Å². The summed E-state index contributed by atoms with van der Waals surface area (Å²) in [6.07, 6.45) is 0.587. The van der Waals surface area contributed by atoms with E-state index in [4.69, 9.17) is 0 Å². The number of hydrogen-bond acceptors (Lipinski definition) is 6. The molecular formula is C22H21F3N6O. The first-order valence-corrected chi connectivity index (χ1v) is 10.1. The quantitative estimate of drug-likeness (QED) is 0.654. The number of rotatable bonds is 5. The first kappa shape index (κ1) is 21.7. The highest BCUT2D eigenvalue weighted by atomic mass is 19.4. The van der Waals surface area contributed by atoms with Gasteiger partial charge in [-0.2, -0.15) is 13.2 Å². The smallest absolute Gasteiger partial charge is 0.354 e. The predicted octanol–water partition coefficient (Wildman–Crippen LogP) is 3.32. The third-order valence-corrected chi connectivity index (χ3v) is 5.17. The summed E-state index contributed by atoms with van der Waals surface area (Å²) in [6.45, 7) is 2.87. The molecule has 1 aliphatic heterocycles. The number of carbonyl (C=O) groups is 1. The molecule has 32 heavy (non-hydrogen) atoms. The Kier molecular flexibility index (Phi) is 6.31. The molecule has 3 heterocycles. The Morgan fingerprint density at radius 3 is 2.44 bits per heavy atom. The van der Waals surface area contributed by atoms with E-state index < -0.39 is 11.7 Å². The summed E-state index contributed by atoms with van der Waals surface area (Å²) in [5.74, 6) is 0.548. The van der Waals surface area contributed by atoms with Gasteiger partial charge in [0.05, 0.1) is 17.8 Å². The van der Waals surface area contributed by atoms with Gasteiger partial charge in [0.25, 0.3) is 0 Å². The van der Waals surface area contributed by atoms with Gasteiger partial charge < -0.3 is 10.2 Å². The fourth-order valence-corrected chi connectivity index (χ4v) is 3.47. The van der Waals surface area contributed by atoms with Crippen molar-refractivity contribution in [1.29, 1.82) is 0 Å². The van der Waals surface area contributed by atoms with Gasteiger partial charge in [-0.15, -0.1) is 0 Å². The summed E-state index contributed by atoms with van der Waals surface area (Å²) in [5, 5.41) is 2.65. The lowest BCUT2D eigenvalue weighted by Crippen LogP contribution is -2.49. The van der Waals surface area contributed by atoms with E-state index >= 15 is 0 Å². The Morgan fingerprint density at radius 1 is 1.03 bits per heavy atom. The van der Waals surface area contributed by atoms with E-state index in [9.17, 15) is 18.0 Å². The number of hydrogen-bond donors (Lipinski definition) is 1.